The van der Waals surface area contributed by atoms with Crippen LogP contribution in [0.25, 0.3) is 16.8 Å². The number of fused-ring (bicyclic) bond motifs is 1. The lowest BCUT2D eigenvalue weighted by Crippen LogP contribution is -2.51. The number of hydrogen-bond acceptors (Lipinski definition) is 7. The SMILES string of the molecule is CCC(O)(C1=CN(Cc2ccn3c(-c4ccc(OC)nc4)c(N)cc3c2)NN1C)C(F)(F)F. The first-order valence-electron chi connectivity index (χ1n) is 10.3. The fourth-order valence-corrected chi connectivity index (χ4v) is 3.99. The molecule has 0 amide bonds. The Balaban J connectivity index is 1.61. The van der Waals surface area contributed by atoms with E-state index in [4.69, 9.17) is 10.5 Å². The lowest BCUT2D eigenvalue weighted by molar-refractivity contribution is -0.251. The maximum absolute atomic E-state index is 13.5. The van der Waals surface area contributed by atoms with Gasteiger partial charge in [-0.2, -0.15) is 13.2 Å². The Morgan fingerprint density at radius 1 is 1.21 bits per heavy atom. The van der Waals surface area contributed by atoms with Gasteiger partial charge in [0.1, 0.15) is 0 Å². The van der Waals surface area contributed by atoms with Crippen molar-refractivity contribution < 1.29 is 23.0 Å². The number of rotatable bonds is 6. The van der Waals surface area contributed by atoms with E-state index in [1.54, 1.807) is 19.4 Å². The average Bonchev–Trinajstić information content (AvgIpc) is 3.30. The van der Waals surface area contributed by atoms with Crippen molar-refractivity contribution in [3.8, 4) is 17.1 Å². The summed E-state index contributed by atoms with van der Waals surface area (Å²) in [5, 5.41) is 13.0. The summed E-state index contributed by atoms with van der Waals surface area (Å²) < 4.78 is 47.5. The number of ether oxygens (including phenoxy) is 1. The summed E-state index contributed by atoms with van der Waals surface area (Å²) in [5.41, 5.74) is 9.72. The zero-order valence-corrected chi connectivity index (χ0v) is 18.4. The van der Waals surface area contributed by atoms with Crippen molar-refractivity contribution in [2.45, 2.75) is 31.7 Å². The van der Waals surface area contributed by atoms with Gasteiger partial charge in [-0.15, -0.1) is 5.53 Å². The number of methoxy groups -OCH3 is 1. The fraction of sp³-hybridized carbons (Fsp3) is 0.318. The first-order valence-corrected chi connectivity index (χ1v) is 10.3. The average molecular weight is 462 g/mol. The summed E-state index contributed by atoms with van der Waals surface area (Å²) in [6.07, 6.45) is -0.489. The number of nitrogen functional groups attached to an aromatic ring is 1. The molecule has 0 aliphatic carbocycles. The third-order valence-corrected chi connectivity index (χ3v) is 5.76. The second-order valence-electron chi connectivity index (χ2n) is 7.88. The molecule has 11 heteroatoms. The largest absolute Gasteiger partial charge is 0.481 e. The van der Waals surface area contributed by atoms with Crippen LogP contribution < -0.4 is 16.0 Å². The van der Waals surface area contributed by atoms with E-state index in [9.17, 15) is 18.3 Å². The molecule has 4 N–H and O–H groups in total. The number of nitrogens with one attached hydrogen (secondary N) is 1. The Bertz CT molecular complexity index is 1190. The molecule has 0 radical (unpaired) electrons. The maximum Gasteiger partial charge on any atom is 0.422 e. The minimum absolute atomic E-state index is 0.264. The van der Waals surface area contributed by atoms with Crippen molar-refractivity contribution in [2.24, 2.45) is 0 Å². The van der Waals surface area contributed by atoms with Crippen LogP contribution in [0, 0.1) is 0 Å². The van der Waals surface area contributed by atoms with Crippen molar-refractivity contribution in [1.82, 2.24) is 24.9 Å². The monoisotopic (exact) mass is 462 g/mol. The van der Waals surface area contributed by atoms with E-state index in [2.05, 4.69) is 10.5 Å². The molecule has 1 aliphatic rings. The van der Waals surface area contributed by atoms with Crippen LogP contribution in [-0.4, -0.2) is 50.4 Å². The standard InChI is InChI=1S/C22H25F3N6O2/c1-4-21(32,22(23,24)25)18-13-30(28-29(18)2)12-14-7-8-31-16(9-14)10-17(26)20(31)15-5-6-19(33-3)27-11-15/h5-11,13,28,32H,4,12,26H2,1-3H3. The second kappa shape index (κ2) is 8.16. The lowest BCUT2D eigenvalue weighted by Gasteiger charge is -2.33. The Morgan fingerprint density at radius 2 is 1.97 bits per heavy atom. The van der Waals surface area contributed by atoms with Gasteiger partial charge in [0.15, 0.2) is 0 Å². The number of likely N-dealkylation sites (N-methyl/N-ethyl adjacent to an activating group) is 1. The molecule has 33 heavy (non-hydrogen) atoms. The van der Waals surface area contributed by atoms with E-state index in [1.165, 1.54) is 30.2 Å². The van der Waals surface area contributed by atoms with Gasteiger partial charge in [0.25, 0.3) is 0 Å². The Labute approximate surface area is 188 Å². The fourth-order valence-electron chi connectivity index (χ4n) is 3.99. The highest BCUT2D eigenvalue weighted by Gasteiger charge is 2.57. The zero-order chi connectivity index (χ0) is 24.0. The number of pyridine rings is 2. The number of aliphatic hydroxyl groups is 1. The van der Waals surface area contributed by atoms with Crippen LogP contribution in [0.3, 0.4) is 0 Å². The molecule has 4 heterocycles. The molecular formula is C22H25F3N6O2. The topological polar surface area (TPSA) is 91.3 Å². The summed E-state index contributed by atoms with van der Waals surface area (Å²) in [5.74, 6) is 0.497. The van der Waals surface area contributed by atoms with Gasteiger partial charge < -0.3 is 20.0 Å². The lowest BCUT2D eigenvalue weighted by atomic mass is 9.96. The summed E-state index contributed by atoms with van der Waals surface area (Å²) in [7, 11) is 2.98. The van der Waals surface area contributed by atoms with Crippen LogP contribution in [0.15, 0.2) is 54.6 Å². The molecule has 0 bridgehead atoms. The minimum atomic E-state index is -4.80. The highest BCUT2D eigenvalue weighted by Crippen LogP contribution is 2.40. The molecule has 0 saturated heterocycles. The first-order chi connectivity index (χ1) is 15.6. The van der Waals surface area contributed by atoms with Crippen LogP contribution >= 0.6 is 0 Å². The molecule has 3 aromatic heterocycles. The predicted octanol–water partition coefficient (Wildman–Crippen LogP) is 3.30. The summed E-state index contributed by atoms with van der Waals surface area (Å²) in [6.45, 7) is 1.57. The molecular weight excluding hydrogens is 437 g/mol. The van der Waals surface area contributed by atoms with Crippen LogP contribution in [0.2, 0.25) is 0 Å². The number of nitrogens with two attached hydrogens (primary N) is 1. The van der Waals surface area contributed by atoms with Crippen molar-refractivity contribution in [3.63, 3.8) is 0 Å². The molecule has 1 aliphatic heterocycles. The van der Waals surface area contributed by atoms with Gasteiger partial charge in [-0.05, 0) is 36.2 Å². The van der Waals surface area contributed by atoms with Crippen molar-refractivity contribution in [1.29, 1.82) is 0 Å². The molecule has 0 spiro atoms. The highest BCUT2D eigenvalue weighted by atomic mass is 19.4. The van der Waals surface area contributed by atoms with E-state index in [0.29, 0.717) is 11.6 Å². The molecule has 0 saturated carbocycles. The predicted molar refractivity (Wildman–Crippen MR) is 117 cm³/mol. The van der Waals surface area contributed by atoms with Crippen molar-refractivity contribution >= 4 is 11.2 Å². The third-order valence-electron chi connectivity index (χ3n) is 5.76. The number of nitrogens with zero attached hydrogens (tertiary/aromatic N) is 4. The van der Waals surface area contributed by atoms with Gasteiger partial charge in [-0.3, -0.25) is 10.0 Å². The minimum Gasteiger partial charge on any atom is -0.481 e. The van der Waals surface area contributed by atoms with Crippen LogP contribution in [-0.2, 0) is 6.54 Å². The third kappa shape index (κ3) is 3.93. The van der Waals surface area contributed by atoms with Gasteiger partial charge in [-0.25, -0.2) is 4.98 Å². The quantitative estimate of drug-likeness (QED) is 0.518. The van der Waals surface area contributed by atoms with Gasteiger partial charge in [0, 0.05) is 42.8 Å². The van der Waals surface area contributed by atoms with Gasteiger partial charge >= 0.3 is 6.18 Å². The Kier molecular flexibility index (Phi) is 5.62. The van der Waals surface area contributed by atoms with Crippen LogP contribution in [0.1, 0.15) is 18.9 Å². The van der Waals surface area contributed by atoms with E-state index in [1.807, 2.05) is 34.9 Å². The summed E-state index contributed by atoms with van der Waals surface area (Å²) in [4.78, 5) is 4.23. The number of anilines is 1. The molecule has 1 unspecified atom stereocenters. The number of hydrogen-bond donors (Lipinski definition) is 3. The van der Waals surface area contributed by atoms with E-state index >= 15 is 0 Å². The molecule has 1 atom stereocenters. The number of aromatic nitrogens is 2. The summed E-state index contributed by atoms with van der Waals surface area (Å²) >= 11 is 0. The smallest absolute Gasteiger partial charge is 0.422 e. The molecule has 0 aromatic carbocycles. The van der Waals surface area contributed by atoms with E-state index in [-0.39, 0.29) is 12.2 Å². The second-order valence-corrected chi connectivity index (χ2v) is 7.88. The number of alkyl halides is 3. The van der Waals surface area contributed by atoms with Crippen molar-refractivity contribution in [2.75, 3.05) is 19.9 Å². The molecule has 0 fully saturated rings. The van der Waals surface area contributed by atoms with Crippen LogP contribution in [0.4, 0.5) is 18.9 Å². The Morgan fingerprint density at radius 3 is 2.58 bits per heavy atom. The van der Waals surface area contributed by atoms with Gasteiger partial charge in [0.05, 0.1) is 30.7 Å². The van der Waals surface area contributed by atoms with Gasteiger partial charge in [0.2, 0.25) is 11.5 Å². The normalized spacial score (nSPS) is 16.3. The first kappa shape index (κ1) is 22.7. The molecule has 8 nitrogen and oxygen atoms in total. The highest BCUT2D eigenvalue weighted by molar-refractivity contribution is 5.80. The van der Waals surface area contributed by atoms with Crippen molar-refractivity contribution in [3.05, 3.63) is 60.2 Å². The van der Waals surface area contributed by atoms with Gasteiger partial charge in [-0.1, -0.05) is 6.92 Å². The number of hydrazine groups is 2. The maximum atomic E-state index is 13.5. The number of halogens is 3. The summed E-state index contributed by atoms with van der Waals surface area (Å²) in [6, 6.07) is 9.20. The molecule has 3 aromatic rings. The van der Waals surface area contributed by atoms with Crippen LogP contribution in [0.5, 0.6) is 5.88 Å². The molecule has 4 rings (SSSR count). The van der Waals surface area contributed by atoms with E-state index < -0.39 is 18.2 Å². The van der Waals surface area contributed by atoms with E-state index in [0.717, 1.165) is 22.3 Å². The molecule has 176 valence electrons. The zero-order valence-electron chi connectivity index (χ0n) is 18.4. The Hall–Kier alpha value is -3.44.